The van der Waals surface area contributed by atoms with Gasteiger partial charge in [0.1, 0.15) is 27.2 Å². The van der Waals surface area contributed by atoms with E-state index in [4.69, 9.17) is 16.2 Å². The number of nitrogen functional groups attached to an aromatic ring is 2. The van der Waals surface area contributed by atoms with E-state index in [0.717, 1.165) is 12.0 Å². The van der Waals surface area contributed by atoms with E-state index in [2.05, 4.69) is 18.0 Å². The van der Waals surface area contributed by atoms with E-state index in [-0.39, 0.29) is 29.2 Å². The number of pyridine rings is 1. The van der Waals surface area contributed by atoms with Gasteiger partial charge in [-0.2, -0.15) is 5.26 Å². The average molecular weight is 478 g/mol. The van der Waals surface area contributed by atoms with Gasteiger partial charge in [-0.1, -0.05) is 31.2 Å². The van der Waals surface area contributed by atoms with Gasteiger partial charge in [-0.05, 0) is 37.3 Å². The predicted molar refractivity (Wildman–Crippen MR) is 133 cm³/mol. The molecule has 0 atom stereocenters. The molecule has 8 nitrogen and oxygen atoms in total. The van der Waals surface area contributed by atoms with Crippen LogP contribution >= 0.6 is 11.3 Å². The molecule has 1 fully saturated rings. The number of amides is 1. The Morgan fingerprint density at radius 3 is 2.47 bits per heavy atom. The number of carbonyl (C=O) groups is 2. The van der Waals surface area contributed by atoms with Crippen molar-refractivity contribution in [3.8, 4) is 17.2 Å². The third kappa shape index (κ3) is 4.17. The first kappa shape index (κ1) is 23.5. The molecular formula is C25H27N5O3S. The summed E-state index contributed by atoms with van der Waals surface area (Å²) in [5, 5.41) is 10.4. The predicted octanol–water partition coefficient (Wildman–Crippen LogP) is 3.98. The molecule has 4 rings (SSSR count). The molecule has 3 heterocycles. The Hall–Kier alpha value is -3.64. The lowest BCUT2D eigenvalue weighted by Crippen LogP contribution is -2.40. The van der Waals surface area contributed by atoms with Crippen LogP contribution in [0.1, 0.15) is 47.5 Å². The number of nitrogens with two attached hydrogens (primary N) is 2. The van der Waals surface area contributed by atoms with Crippen molar-refractivity contribution in [3.05, 3.63) is 40.3 Å². The van der Waals surface area contributed by atoms with Crippen LogP contribution in [0.5, 0.6) is 0 Å². The highest BCUT2D eigenvalue weighted by molar-refractivity contribution is 7.21. The van der Waals surface area contributed by atoms with E-state index in [1.165, 1.54) is 16.9 Å². The number of benzene rings is 1. The fourth-order valence-corrected chi connectivity index (χ4v) is 5.44. The summed E-state index contributed by atoms with van der Waals surface area (Å²) >= 11 is 1.18. The first-order chi connectivity index (χ1) is 16.4. The smallest absolute Gasteiger partial charge is 0.309 e. The molecule has 1 amide bonds. The number of aryl methyl sites for hydroxylation is 1. The maximum atomic E-state index is 13.4. The van der Waals surface area contributed by atoms with Gasteiger partial charge in [0.25, 0.3) is 5.91 Å². The van der Waals surface area contributed by atoms with Crippen molar-refractivity contribution in [1.82, 2.24) is 9.88 Å². The maximum Gasteiger partial charge on any atom is 0.309 e. The van der Waals surface area contributed by atoms with Gasteiger partial charge in [0.2, 0.25) is 0 Å². The van der Waals surface area contributed by atoms with E-state index in [9.17, 15) is 14.9 Å². The van der Waals surface area contributed by atoms with Crippen LogP contribution in [0.3, 0.4) is 0 Å². The molecule has 1 aliphatic heterocycles. The number of likely N-dealkylation sites (tertiary alicyclic amines) is 1. The quantitative estimate of drug-likeness (QED) is 0.531. The van der Waals surface area contributed by atoms with Crippen LogP contribution in [0, 0.1) is 17.2 Å². The molecule has 0 saturated carbocycles. The van der Waals surface area contributed by atoms with Gasteiger partial charge < -0.3 is 21.1 Å². The Labute approximate surface area is 202 Å². The molecule has 176 valence electrons. The number of nitriles is 1. The first-order valence-electron chi connectivity index (χ1n) is 11.4. The molecule has 1 aliphatic rings. The third-order valence-electron chi connectivity index (χ3n) is 6.26. The van der Waals surface area contributed by atoms with Crippen LogP contribution in [-0.4, -0.2) is 41.5 Å². The van der Waals surface area contributed by atoms with Crippen LogP contribution < -0.4 is 11.5 Å². The summed E-state index contributed by atoms with van der Waals surface area (Å²) in [5.74, 6) is -0.494. The standard InChI is InChI=1S/C25H27N5O3S/c1-3-14-5-7-15(8-6-14)18-17(13-26)22(28)29-23-19(18)20(27)21(34-23)24(31)30-11-9-16(10-12-30)25(32)33-4-2/h5-8,16H,3-4,9-12,27H2,1-2H3,(H2,28,29). The van der Waals surface area contributed by atoms with Gasteiger partial charge in [0, 0.05) is 24.0 Å². The molecule has 0 radical (unpaired) electrons. The van der Waals surface area contributed by atoms with E-state index in [0.29, 0.717) is 58.9 Å². The summed E-state index contributed by atoms with van der Waals surface area (Å²) in [6.07, 6.45) is 1.99. The molecule has 4 N–H and O–H groups in total. The fourth-order valence-electron chi connectivity index (χ4n) is 4.36. The zero-order chi connectivity index (χ0) is 24.4. The second kappa shape index (κ2) is 9.69. The zero-order valence-electron chi connectivity index (χ0n) is 19.3. The molecule has 9 heteroatoms. The Bertz CT molecular complexity index is 1280. The molecule has 0 aliphatic carbocycles. The van der Waals surface area contributed by atoms with Gasteiger partial charge in [-0.3, -0.25) is 9.59 Å². The van der Waals surface area contributed by atoms with Gasteiger partial charge in [0.15, 0.2) is 0 Å². The second-order valence-corrected chi connectivity index (χ2v) is 9.25. The Kier molecular flexibility index (Phi) is 6.70. The molecule has 0 unspecified atom stereocenters. The molecule has 34 heavy (non-hydrogen) atoms. The topological polar surface area (TPSA) is 135 Å². The summed E-state index contributed by atoms with van der Waals surface area (Å²) in [5.41, 5.74) is 15.8. The first-order valence-corrected chi connectivity index (χ1v) is 12.2. The van der Waals surface area contributed by atoms with Crippen molar-refractivity contribution in [3.63, 3.8) is 0 Å². The lowest BCUT2D eigenvalue weighted by molar-refractivity contribution is -0.149. The van der Waals surface area contributed by atoms with E-state index < -0.39 is 0 Å². The van der Waals surface area contributed by atoms with Gasteiger partial charge in [0.05, 0.1) is 18.2 Å². The van der Waals surface area contributed by atoms with Gasteiger partial charge in [-0.15, -0.1) is 11.3 Å². The van der Waals surface area contributed by atoms with Crippen LogP contribution in [0.25, 0.3) is 21.3 Å². The third-order valence-corrected chi connectivity index (χ3v) is 7.35. The highest BCUT2D eigenvalue weighted by atomic mass is 32.1. The van der Waals surface area contributed by atoms with Crippen molar-refractivity contribution in [2.75, 3.05) is 31.2 Å². The molecule has 3 aromatic rings. The minimum absolute atomic E-state index is 0.111. The molecular weight excluding hydrogens is 450 g/mol. The lowest BCUT2D eigenvalue weighted by atomic mass is 9.95. The summed E-state index contributed by atoms with van der Waals surface area (Å²) in [6.45, 7) is 5.09. The number of rotatable bonds is 5. The van der Waals surface area contributed by atoms with E-state index >= 15 is 0 Å². The monoisotopic (exact) mass is 477 g/mol. The highest BCUT2D eigenvalue weighted by Gasteiger charge is 2.31. The largest absolute Gasteiger partial charge is 0.466 e. The maximum absolute atomic E-state index is 13.4. The fraction of sp³-hybridized carbons (Fsp3) is 0.360. The Morgan fingerprint density at radius 2 is 1.88 bits per heavy atom. The number of nitrogens with zero attached hydrogens (tertiary/aromatic N) is 3. The summed E-state index contributed by atoms with van der Waals surface area (Å²) in [7, 11) is 0. The van der Waals surface area contributed by atoms with Gasteiger partial charge in [-0.25, -0.2) is 4.98 Å². The van der Waals surface area contributed by atoms with Crippen LogP contribution in [0.15, 0.2) is 24.3 Å². The number of piperidine rings is 1. The molecule has 0 spiro atoms. The van der Waals surface area contributed by atoms with Gasteiger partial charge >= 0.3 is 5.97 Å². The number of hydrogen-bond acceptors (Lipinski definition) is 8. The van der Waals surface area contributed by atoms with Crippen molar-refractivity contribution >= 4 is 44.9 Å². The minimum atomic E-state index is -0.210. The summed E-state index contributed by atoms with van der Waals surface area (Å²) in [6, 6.07) is 10.0. The molecule has 1 saturated heterocycles. The van der Waals surface area contributed by atoms with Crippen molar-refractivity contribution in [2.24, 2.45) is 5.92 Å². The van der Waals surface area contributed by atoms with Crippen molar-refractivity contribution < 1.29 is 14.3 Å². The number of hydrogen-bond donors (Lipinski definition) is 2. The summed E-state index contributed by atoms with van der Waals surface area (Å²) < 4.78 is 5.12. The van der Waals surface area contributed by atoms with Crippen LogP contribution in [0.4, 0.5) is 11.5 Å². The minimum Gasteiger partial charge on any atom is -0.466 e. The Balaban J connectivity index is 1.72. The molecule has 2 aromatic heterocycles. The number of thiophene rings is 1. The number of aromatic nitrogens is 1. The zero-order valence-corrected chi connectivity index (χ0v) is 20.1. The van der Waals surface area contributed by atoms with E-state index in [1.54, 1.807) is 11.8 Å². The average Bonchev–Trinajstić information content (AvgIpc) is 3.18. The lowest BCUT2D eigenvalue weighted by Gasteiger charge is -2.30. The normalized spacial score (nSPS) is 14.2. The molecule has 1 aromatic carbocycles. The van der Waals surface area contributed by atoms with Crippen molar-refractivity contribution in [2.45, 2.75) is 33.1 Å². The molecule has 0 bridgehead atoms. The van der Waals surface area contributed by atoms with Crippen LogP contribution in [0.2, 0.25) is 0 Å². The number of ether oxygens (including phenoxy) is 1. The van der Waals surface area contributed by atoms with Crippen LogP contribution in [-0.2, 0) is 16.0 Å². The van der Waals surface area contributed by atoms with E-state index in [1.807, 2.05) is 24.3 Å². The number of fused-ring (bicyclic) bond motifs is 1. The number of carbonyl (C=O) groups excluding carboxylic acids is 2. The Morgan fingerprint density at radius 1 is 1.21 bits per heavy atom. The number of anilines is 2. The highest BCUT2D eigenvalue weighted by Crippen LogP contribution is 2.43. The number of esters is 1. The second-order valence-electron chi connectivity index (χ2n) is 8.25. The summed E-state index contributed by atoms with van der Waals surface area (Å²) in [4.78, 5) is 32.4. The van der Waals surface area contributed by atoms with Crippen molar-refractivity contribution in [1.29, 1.82) is 5.26 Å². The SMILES string of the molecule is CCOC(=O)C1CCN(C(=O)c2sc3nc(N)c(C#N)c(-c4ccc(CC)cc4)c3c2N)CC1.